The van der Waals surface area contributed by atoms with Gasteiger partial charge in [0.15, 0.2) is 0 Å². The van der Waals surface area contributed by atoms with Gasteiger partial charge in [-0.1, -0.05) is 37.3 Å². The van der Waals surface area contributed by atoms with E-state index in [0.717, 1.165) is 44.7 Å². The zero-order valence-electron chi connectivity index (χ0n) is 14.6. The molecule has 0 amide bonds. The summed E-state index contributed by atoms with van der Waals surface area (Å²) < 4.78 is 0. The minimum absolute atomic E-state index is 0.938. The maximum atomic E-state index is 4.80. The first kappa shape index (κ1) is 16.4. The molecule has 2 aromatic heterocycles. The second kappa shape index (κ2) is 7.46. The molecule has 0 spiro atoms. The van der Waals surface area contributed by atoms with Crippen molar-refractivity contribution < 1.29 is 0 Å². The predicted octanol–water partition coefficient (Wildman–Crippen LogP) is 4.72. The summed E-state index contributed by atoms with van der Waals surface area (Å²) in [6.07, 6.45) is 5.17. The molecule has 0 bridgehead atoms. The van der Waals surface area contributed by atoms with Crippen LogP contribution in [0, 0.1) is 0 Å². The van der Waals surface area contributed by atoms with E-state index in [1.807, 2.05) is 17.5 Å². The fourth-order valence-electron chi connectivity index (χ4n) is 3.34. The summed E-state index contributed by atoms with van der Waals surface area (Å²) in [5, 5.41) is 2.27. The van der Waals surface area contributed by atoms with E-state index in [9.17, 15) is 0 Å². The van der Waals surface area contributed by atoms with Crippen molar-refractivity contribution in [1.29, 1.82) is 0 Å². The van der Waals surface area contributed by atoms with E-state index >= 15 is 0 Å². The first-order valence-corrected chi connectivity index (χ1v) is 9.88. The highest BCUT2D eigenvalue weighted by molar-refractivity contribution is 7.10. The number of hydrogen-bond acceptors (Lipinski definition) is 4. The molecule has 25 heavy (non-hydrogen) atoms. The zero-order valence-corrected chi connectivity index (χ0v) is 15.4. The average Bonchev–Trinajstić information content (AvgIpc) is 3.11. The van der Waals surface area contributed by atoms with Crippen molar-refractivity contribution in [2.45, 2.75) is 39.3 Å². The van der Waals surface area contributed by atoms with Crippen molar-refractivity contribution in [3.05, 3.63) is 69.9 Å². The van der Waals surface area contributed by atoms with E-state index in [1.165, 1.54) is 27.3 Å². The standard InChI is InChI=1S/C21H23N3S/c1-2-6-21-22-12-17-9-10-24(14-20(17)23-21)13-19-11-18(15-25-19)16-7-4-3-5-8-16/h3-5,7-8,11-12,15H,2,6,9-10,13-14H2,1H3. The van der Waals surface area contributed by atoms with E-state index < -0.39 is 0 Å². The predicted molar refractivity (Wildman–Crippen MR) is 104 cm³/mol. The van der Waals surface area contributed by atoms with Crippen LogP contribution in [0.25, 0.3) is 11.1 Å². The normalized spacial score (nSPS) is 14.4. The van der Waals surface area contributed by atoms with Gasteiger partial charge >= 0.3 is 0 Å². The molecule has 0 saturated carbocycles. The summed E-state index contributed by atoms with van der Waals surface area (Å²) in [5.74, 6) is 0.991. The SMILES string of the molecule is CCCc1ncc2c(n1)CN(Cc1cc(-c3ccccc3)cs1)CC2. The fraction of sp³-hybridized carbons (Fsp3) is 0.333. The number of nitrogens with zero attached hydrogens (tertiary/aromatic N) is 3. The lowest BCUT2D eigenvalue weighted by Crippen LogP contribution is -2.31. The Morgan fingerprint density at radius 2 is 2.04 bits per heavy atom. The van der Waals surface area contributed by atoms with E-state index in [1.54, 1.807) is 0 Å². The Morgan fingerprint density at radius 3 is 2.88 bits per heavy atom. The van der Waals surface area contributed by atoms with Crippen LogP contribution in [0.1, 0.15) is 35.3 Å². The number of thiophene rings is 1. The molecule has 3 heterocycles. The maximum absolute atomic E-state index is 4.80. The lowest BCUT2D eigenvalue weighted by molar-refractivity contribution is 0.243. The topological polar surface area (TPSA) is 29.0 Å². The van der Waals surface area contributed by atoms with Gasteiger partial charge in [0.05, 0.1) is 5.69 Å². The number of benzene rings is 1. The summed E-state index contributed by atoms with van der Waals surface area (Å²) in [6.45, 7) is 5.20. The molecule has 0 atom stereocenters. The average molecular weight is 350 g/mol. The van der Waals surface area contributed by atoms with Gasteiger partial charge < -0.3 is 0 Å². The summed E-state index contributed by atoms with van der Waals surface area (Å²) in [6, 6.07) is 12.9. The highest BCUT2D eigenvalue weighted by Gasteiger charge is 2.19. The monoisotopic (exact) mass is 349 g/mol. The molecule has 0 unspecified atom stereocenters. The Kier molecular flexibility index (Phi) is 4.90. The van der Waals surface area contributed by atoms with Crippen molar-refractivity contribution in [2.75, 3.05) is 6.54 Å². The Morgan fingerprint density at radius 1 is 1.16 bits per heavy atom. The van der Waals surface area contributed by atoms with E-state index in [0.29, 0.717) is 0 Å². The molecule has 3 aromatic rings. The lowest BCUT2D eigenvalue weighted by atomic mass is 10.1. The van der Waals surface area contributed by atoms with Crippen LogP contribution in [0.15, 0.2) is 48.0 Å². The first-order valence-electron chi connectivity index (χ1n) is 9.00. The molecular formula is C21H23N3S. The number of hydrogen-bond donors (Lipinski definition) is 0. The summed E-state index contributed by atoms with van der Waals surface area (Å²) in [5.41, 5.74) is 5.17. The van der Waals surface area contributed by atoms with Gasteiger partial charge in [-0.05, 0) is 41.0 Å². The molecule has 1 aliphatic rings. The molecule has 3 nitrogen and oxygen atoms in total. The molecule has 0 fully saturated rings. The Hall–Kier alpha value is -2.04. The third-order valence-corrected chi connectivity index (χ3v) is 5.61. The third kappa shape index (κ3) is 3.80. The van der Waals surface area contributed by atoms with Crippen LogP contribution in [0.5, 0.6) is 0 Å². The van der Waals surface area contributed by atoms with E-state index in [-0.39, 0.29) is 0 Å². The van der Waals surface area contributed by atoms with Gasteiger partial charge in [0.1, 0.15) is 5.82 Å². The molecule has 0 aliphatic carbocycles. The number of rotatable bonds is 5. The van der Waals surface area contributed by atoms with Gasteiger partial charge in [0.25, 0.3) is 0 Å². The van der Waals surface area contributed by atoms with Gasteiger partial charge in [0.2, 0.25) is 0 Å². The summed E-state index contributed by atoms with van der Waals surface area (Å²) in [7, 11) is 0. The minimum atomic E-state index is 0.938. The third-order valence-electron chi connectivity index (χ3n) is 4.69. The minimum Gasteiger partial charge on any atom is -0.292 e. The molecular weight excluding hydrogens is 326 g/mol. The Labute approximate surface area is 153 Å². The smallest absolute Gasteiger partial charge is 0.128 e. The van der Waals surface area contributed by atoms with Crippen LogP contribution >= 0.6 is 11.3 Å². The summed E-state index contributed by atoms with van der Waals surface area (Å²) >= 11 is 1.86. The van der Waals surface area contributed by atoms with Gasteiger partial charge in [-0.3, -0.25) is 4.90 Å². The Balaban J connectivity index is 1.46. The van der Waals surface area contributed by atoms with Crippen LogP contribution in [-0.4, -0.2) is 21.4 Å². The molecule has 0 radical (unpaired) electrons. The number of aromatic nitrogens is 2. The molecule has 1 aromatic carbocycles. The van der Waals surface area contributed by atoms with E-state index in [4.69, 9.17) is 4.98 Å². The largest absolute Gasteiger partial charge is 0.292 e. The van der Waals surface area contributed by atoms with Crippen LogP contribution in [0.4, 0.5) is 0 Å². The van der Waals surface area contributed by atoms with Crippen LogP contribution in [0.3, 0.4) is 0 Å². The summed E-state index contributed by atoms with van der Waals surface area (Å²) in [4.78, 5) is 13.2. The first-order chi connectivity index (χ1) is 12.3. The highest BCUT2D eigenvalue weighted by atomic mass is 32.1. The van der Waals surface area contributed by atoms with E-state index in [2.05, 4.69) is 58.6 Å². The highest BCUT2D eigenvalue weighted by Crippen LogP contribution is 2.27. The van der Waals surface area contributed by atoms with Gasteiger partial charge in [-0.2, -0.15) is 0 Å². The second-order valence-corrected chi connectivity index (χ2v) is 7.63. The fourth-order valence-corrected chi connectivity index (χ4v) is 4.28. The lowest BCUT2D eigenvalue weighted by Gasteiger charge is -2.27. The molecule has 4 rings (SSSR count). The number of aryl methyl sites for hydroxylation is 1. The number of fused-ring (bicyclic) bond motifs is 1. The van der Waals surface area contributed by atoms with Gasteiger partial charge in [-0.15, -0.1) is 11.3 Å². The van der Waals surface area contributed by atoms with Gasteiger partial charge in [0, 0.05) is 37.1 Å². The van der Waals surface area contributed by atoms with Crippen molar-refractivity contribution in [2.24, 2.45) is 0 Å². The molecule has 0 saturated heterocycles. The van der Waals surface area contributed by atoms with Crippen LogP contribution in [0.2, 0.25) is 0 Å². The van der Waals surface area contributed by atoms with Crippen molar-refractivity contribution >= 4 is 11.3 Å². The molecule has 128 valence electrons. The Bertz CT molecular complexity index is 841. The zero-order chi connectivity index (χ0) is 17.1. The molecule has 1 aliphatic heterocycles. The second-order valence-electron chi connectivity index (χ2n) is 6.64. The maximum Gasteiger partial charge on any atom is 0.128 e. The molecule has 4 heteroatoms. The van der Waals surface area contributed by atoms with Crippen molar-refractivity contribution in [3.8, 4) is 11.1 Å². The van der Waals surface area contributed by atoms with Crippen molar-refractivity contribution in [3.63, 3.8) is 0 Å². The molecule has 0 N–H and O–H groups in total. The van der Waals surface area contributed by atoms with Gasteiger partial charge in [-0.25, -0.2) is 9.97 Å². The van der Waals surface area contributed by atoms with Crippen molar-refractivity contribution in [1.82, 2.24) is 14.9 Å². The van der Waals surface area contributed by atoms with Crippen LogP contribution in [-0.2, 0) is 25.9 Å². The van der Waals surface area contributed by atoms with Crippen LogP contribution < -0.4 is 0 Å². The quantitative estimate of drug-likeness (QED) is 0.667.